The van der Waals surface area contributed by atoms with E-state index in [1.54, 1.807) is 12.1 Å². The lowest BCUT2D eigenvalue weighted by Gasteiger charge is -2.08. The van der Waals surface area contributed by atoms with Gasteiger partial charge in [-0.25, -0.2) is 0 Å². The smallest absolute Gasteiger partial charge is 0.150 e. The molecule has 0 bridgehead atoms. The Balaban J connectivity index is 2.29. The lowest BCUT2D eigenvalue weighted by molar-refractivity contribution is 0.112. The SMILES string of the molecule is CNc1cccc(Cc2cc(C=O)ccc2N)c1. The van der Waals surface area contributed by atoms with Crippen molar-refractivity contribution >= 4 is 17.7 Å². The van der Waals surface area contributed by atoms with Gasteiger partial charge in [0.25, 0.3) is 0 Å². The van der Waals surface area contributed by atoms with Gasteiger partial charge in [0.15, 0.2) is 0 Å². The van der Waals surface area contributed by atoms with Crippen molar-refractivity contribution in [1.82, 2.24) is 0 Å². The first kappa shape index (κ1) is 12.2. The van der Waals surface area contributed by atoms with Gasteiger partial charge in [-0.3, -0.25) is 4.79 Å². The molecule has 18 heavy (non-hydrogen) atoms. The molecule has 0 spiro atoms. The summed E-state index contributed by atoms with van der Waals surface area (Å²) < 4.78 is 0. The largest absolute Gasteiger partial charge is 0.398 e. The van der Waals surface area contributed by atoms with Crippen LogP contribution < -0.4 is 11.1 Å². The van der Waals surface area contributed by atoms with Gasteiger partial charge in [-0.1, -0.05) is 12.1 Å². The molecule has 0 saturated heterocycles. The van der Waals surface area contributed by atoms with E-state index in [0.29, 0.717) is 5.56 Å². The van der Waals surface area contributed by atoms with Crippen molar-refractivity contribution in [2.45, 2.75) is 6.42 Å². The van der Waals surface area contributed by atoms with Crippen LogP contribution in [0.2, 0.25) is 0 Å². The van der Waals surface area contributed by atoms with E-state index in [1.807, 2.05) is 31.3 Å². The van der Waals surface area contributed by atoms with Gasteiger partial charge < -0.3 is 11.1 Å². The maximum atomic E-state index is 10.8. The van der Waals surface area contributed by atoms with Gasteiger partial charge in [0.2, 0.25) is 0 Å². The van der Waals surface area contributed by atoms with Gasteiger partial charge in [-0.05, 0) is 47.9 Å². The van der Waals surface area contributed by atoms with Crippen molar-refractivity contribution in [2.75, 3.05) is 18.1 Å². The molecule has 0 heterocycles. The van der Waals surface area contributed by atoms with Crippen LogP contribution in [0.15, 0.2) is 42.5 Å². The summed E-state index contributed by atoms with van der Waals surface area (Å²) in [5.41, 5.74) is 10.5. The molecule has 0 saturated carbocycles. The molecule has 3 nitrogen and oxygen atoms in total. The van der Waals surface area contributed by atoms with Crippen LogP contribution in [0.4, 0.5) is 11.4 Å². The molecule has 2 aromatic rings. The highest BCUT2D eigenvalue weighted by atomic mass is 16.1. The minimum atomic E-state index is 0.656. The summed E-state index contributed by atoms with van der Waals surface area (Å²) in [7, 11) is 1.89. The molecule has 0 fully saturated rings. The van der Waals surface area contributed by atoms with Crippen LogP contribution in [0.1, 0.15) is 21.5 Å². The number of carbonyl (C=O) groups excluding carboxylic acids is 1. The van der Waals surface area contributed by atoms with Gasteiger partial charge in [0.1, 0.15) is 6.29 Å². The molecular formula is C15H16N2O. The Hall–Kier alpha value is -2.29. The second-order valence-corrected chi connectivity index (χ2v) is 4.20. The maximum Gasteiger partial charge on any atom is 0.150 e. The summed E-state index contributed by atoms with van der Waals surface area (Å²) in [6.45, 7) is 0. The Morgan fingerprint density at radius 3 is 2.78 bits per heavy atom. The second kappa shape index (κ2) is 5.36. The average molecular weight is 240 g/mol. The number of nitrogens with one attached hydrogen (secondary N) is 1. The first-order chi connectivity index (χ1) is 8.72. The minimum absolute atomic E-state index is 0.656. The Labute approximate surface area is 107 Å². The van der Waals surface area contributed by atoms with Crippen molar-refractivity contribution < 1.29 is 4.79 Å². The molecule has 2 aromatic carbocycles. The van der Waals surface area contributed by atoms with Gasteiger partial charge in [0, 0.05) is 24.0 Å². The quantitative estimate of drug-likeness (QED) is 0.638. The summed E-state index contributed by atoms with van der Waals surface area (Å²) in [6.07, 6.45) is 1.57. The highest BCUT2D eigenvalue weighted by Crippen LogP contribution is 2.19. The average Bonchev–Trinajstić information content (AvgIpc) is 2.41. The van der Waals surface area contributed by atoms with Crippen molar-refractivity contribution in [1.29, 1.82) is 0 Å². The van der Waals surface area contributed by atoms with E-state index in [1.165, 1.54) is 0 Å². The van der Waals surface area contributed by atoms with E-state index in [-0.39, 0.29) is 0 Å². The topological polar surface area (TPSA) is 55.1 Å². The van der Waals surface area contributed by atoms with Gasteiger partial charge in [-0.2, -0.15) is 0 Å². The summed E-state index contributed by atoms with van der Waals surface area (Å²) in [5.74, 6) is 0. The zero-order valence-corrected chi connectivity index (χ0v) is 10.3. The standard InChI is InChI=1S/C15H16N2O/c1-17-14-4-2-3-11(9-14)7-13-8-12(10-18)5-6-15(13)16/h2-6,8-10,17H,7,16H2,1H3. The molecule has 92 valence electrons. The van der Waals surface area contributed by atoms with Crippen LogP contribution in [0.5, 0.6) is 0 Å². The van der Waals surface area contributed by atoms with E-state index in [2.05, 4.69) is 11.4 Å². The Morgan fingerprint density at radius 1 is 1.22 bits per heavy atom. The molecular weight excluding hydrogens is 224 g/mol. The highest BCUT2D eigenvalue weighted by Gasteiger charge is 2.03. The van der Waals surface area contributed by atoms with E-state index < -0.39 is 0 Å². The third kappa shape index (κ3) is 2.69. The molecule has 0 aliphatic rings. The number of hydrogen-bond donors (Lipinski definition) is 2. The molecule has 3 heteroatoms. The molecule has 0 aliphatic carbocycles. The lowest BCUT2D eigenvalue weighted by Crippen LogP contribution is -1.98. The van der Waals surface area contributed by atoms with E-state index in [9.17, 15) is 4.79 Å². The molecule has 0 aromatic heterocycles. The van der Waals surface area contributed by atoms with Crippen LogP contribution in [-0.2, 0) is 6.42 Å². The Morgan fingerprint density at radius 2 is 2.06 bits per heavy atom. The zero-order valence-electron chi connectivity index (χ0n) is 10.3. The van der Waals surface area contributed by atoms with E-state index in [4.69, 9.17) is 5.73 Å². The van der Waals surface area contributed by atoms with Crippen molar-refractivity contribution in [3.05, 3.63) is 59.2 Å². The number of nitrogens with two attached hydrogens (primary N) is 1. The number of nitrogen functional groups attached to an aromatic ring is 1. The number of anilines is 2. The van der Waals surface area contributed by atoms with Crippen LogP contribution >= 0.6 is 0 Å². The molecule has 0 radical (unpaired) electrons. The molecule has 0 amide bonds. The molecule has 2 rings (SSSR count). The van der Waals surface area contributed by atoms with Crippen LogP contribution in [0.25, 0.3) is 0 Å². The minimum Gasteiger partial charge on any atom is -0.398 e. The fraction of sp³-hybridized carbons (Fsp3) is 0.133. The van der Waals surface area contributed by atoms with E-state index >= 15 is 0 Å². The number of benzene rings is 2. The van der Waals surface area contributed by atoms with Crippen molar-refractivity contribution in [3.63, 3.8) is 0 Å². The van der Waals surface area contributed by atoms with Crippen molar-refractivity contribution in [3.8, 4) is 0 Å². The van der Waals surface area contributed by atoms with Crippen LogP contribution in [0, 0.1) is 0 Å². The number of hydrogen-bond acceptors (Lipinski definition) is 3. The molecule has 0 aliphatic heterocycles. The fourth-order valence-corrected chi connectivity index (χ4v) is 1.91. The predicted molar refractivity (Wildman–Crippen MR) is 75.0 cm³/mol. The second-order valence-electron chi connectivity index (χ2n) is 4.20. The number of rotatable bonds is 4. The normalized spacial score (nSPS) is 10.1. The van der Waals surface area contributed by atoms with E-state index in [0.717, 1.165) is 35.2 Å². The third-order valence-electron chi connectivity index (χ3n) is 2.91. The van der Waals surface area contributed by atoms with Gasteiger partial charge >= 0.3 is 0 Å². The highest BCUT2D eigenvalue weighted by molar-refractivity contribution is 5.76. The summed E-state index contributed by atoms with van der Waals surface area (Å²) in [6, 6.07) is 13.5. The lowest BCUT2D eigenvalue weighted by atomic mass is 10.0. The maximum absolute atomic E-state index is 10.8. The van der Waals surface area contributed by atoms with Crippen molar-refractivity contribution in [2.24, 2.45) is 0 Å². The monoisotopic (exact) mass is 240 g/mol. The number of carbonyl (C=O) groups is 1. The Bertz CT molecular complexity index is 564. The van der Waals surface area contributed by atoms with Crippen LogP contribution in [0.3, 0.4) is 0 Å². The van der Waals surface area contributed by atoms with Gasteiger partial charge in [0.05, 0.1) is 0 Å². The summed E-state index contributed by atoms with van der Waals surface area (Å²) in [4.78, 5) is 10.8. The molecule has 0 atom stereocenters. The fourth-order valence-electron chi connectivity index (χ4n) is 1.91. The Kier molecular flexibility index (Phi) is 3.63. The predicted octanol–water partition coefficient (Wildman–Crippen LogP) is 2.71. The first-order valence-electron chi connectivity index (χ1n) is 5.83. The number of aldehydes is 1. The summed E-state index contributed by atoms with van der Waals surface area (Å²) in [5, 5.41) is 3.10. The molecule has 3 N–H and O–H groups in total. The zero-order chi connectivity index (χ0) is 13.0. The first-order valence-corrected chi connectivity index (χ1v) is 5.83. The van der Waals surface area contributed by atoms with Crippen LogP contribution in [-0.4, -0.2) is 13.3 Å². The van der Waals surface area contributed by atoms with Gasteiger partial charge in [-0.15, -0.1) is 0 Å². The molecule has 0 unspecified atom stereocenters. The third-order valence-corrected chi connectivity index (χ3v) is 2.91. The summed E-state index contributed by atoms with van der Waals surface area (Å²) >= 11 is 0.